The number of pyridine rings is 2. The van der Waals surface area contributed by atoms with Crippen molar-refractivity contribution in [2.45, 2.75) is 6.42 Å². The number of benzene rings is 2. The van der Waals surface area contributed by atoms with Crippen LogP contribution in [-0.2, 0) is 6.42 Å². The molecule has 0 atom stereocenters. The summed E-state index contributed by atoms with van der Waals surface area (Å²) in [5.41, 5.74) is 3.63. The average molecular weight is 591 g/mol. The summed E-state index contributed by atoms with van der Waals surface area (Å²) in [5.74, 6) is -0.272. The van der Waals surface area contributed by atoms with Gasteiger partial charge in [-0.2, -0.15) is 0 Å². The molecule has 7 nitrogen and oxygen atoms in total. The number of anilines is 1. The van der Waals surface area contributed by atoms with Crippen LogP contribution < -0.4 is 10.9 Å². The summed E-state index contributed by atoms with van der Waals surface area (Å²) in [6.45, 7) is 0. The van der Waals surface area contributed by atoms with Gasteiger partial charge in [-0.1, -0.05) is 44.0 Å². The zero-order valence-corrected chi connectivity index (χ0v) is 21.3. The highest BCUT2D eigenvalue weighted by Gasteiger charge is 2.15. The minimum atomic E-state index is -0.278. The molecule has 0 fully saturated rings. The van der Waals surface area contributed by atoms with E-state index in [1.54, 1.807) is 61.1 Å². The number of halogens is 2. The first-order chi connectivity index (χ1) is 17.0. The smallest absolute Gasteiger partial charge is 0.278 e. The van der Waals surface area contributed by atoms with Crippen molar-refractivity contribution in [2.24, 2.45) is 0 Å². The molecule has 0 saturated heterocycles. The third-order valence-corrected chi connectivity index (χ3v) is 6.18. The summed E-state index contributed by atoms with van der Waals surface area (Å²) in [4.78, 5) is 39.5. The average Bonchev–Trinajstić information content (AvgIpc) is 2.85. The predicted octanol–water partition coefficient (Wildman–Crippen LogP) is 5.54. The number of carbonyl (C=O) groups excluding carboxylic acids is 1. The molecule has 2 aromatic carbocycles. The number of hydrogen-bond donors (Lipinski definition) is 1. The maximum atomic E-state index is 13.6. The lowest BCUT2D eigenvalue weighted by Gasteiger charge is -2.13. The van der Waals surface area contributed by atoms with E-state index in [0.29, 0.717) is 40.2 Å². The normalized spacial score (nSPS) is 10.9. The SMILES string of the molecule is O=C(Nc1cccc(-n2c(=O)c(Cc3cccnc3)nc3cccnc32)c1)c1cc(Br)cc(Br)c1. The number of aromatic nitrogens is 4. The minimum absolute atomic E-state index is 0.272. The van der Waals surface area contributed by atoms with Crippen LogP contribution in [0, 0.1) is 0 Å². The van der Waals surface area contributed by atoms with E-state index in [-0.39, 0.29) is 11.5 Å². The zero-order valence-electron chi connectivity index (χ0n) is 18.2. The minimum Gasteiger partial charge on any atom is -0.322 e. The molecule has 1 N–H and O–H groups in total. The molecule has 9 heteroatoms. The van der Waals surface area contributed by atoms with Crippen molar-refractivity contribution >= 4 is 54.6 Å². The standard InChI is InChI=1S/C26H17Br2N5O2/c27-18-11-17(12-19(28)13-18)25(34)31-20-5-1-6-21(14-20)33-24-22(7-3-9-30-24)32-23(26(33)35)10-16-4-2-8-29-15-16/h1-9,11-15H,10H2,(H,31,34). The maximum absolute atomic E-state index is 13.6. The first kappa shape index (κ1) is 23.1. The lowest BCUT2D eigenvalue weighted by Crippen LogP contribution is -2.25. The number of carbonyl (C=O) groups is 1. The van der Waals surface area contributed by atoms with Gasteiger partial charge in [0.1, 0.15) is 11.2 Å². The van der Waals surface area contributed by atoms with E-state index in [1.807, 2.05) is 24.3 Å². The Kier molecular flexibility index (Phi) is 6.52. The number of nitrogens with zero attached hydrogens (tertiary/aromatic N) is 4. The number of fused-ring (bicyclic) bond motifs is 1. The highest BCUT2D eigenvalue weighted by molar-refractivity contribution is 9.11. The van der Waals surface area contributed by atoms with Gasteiger partial charge in [0.2, 0.25) is 0 Å². The van der Waals surface area contributed by atoms with Crippen molar-refractivity contribution in [3.8, 4) is 5.69 Å². The van der Waals surface area contributed by atoms with Crippen LogP contribution in [0.2, 0.25) is 0 Å². The van der Waals surface area contributed by atoms with Crippen molar-refractivity contribution in [3.63, 3.8) is 0 Å². The highest BCUT2D eigenvalue weighted by atomic mass is 79.9. The molecule has 0 unspecified atom stereocenters. The van der Waals surface area contributed by atoms with Crippen LogP contribution in [0.4, 0.5) is 5.69 Å². The molecule has 0 aliphatic rings. The monoisotopic (exact) mass is 589 g/mol. The van der Waals surface area contributed by atoms with Gasteiger partial charge in [-0.25, -0.2) is 9.97 Å². The maximum Gasteiger partial charge on any atom is 0.278 e. The second-order valence-electron chi connectivity index (χ2n) is 7.75. The first-order valence-electron chi connectivity index (χ1n) is 10.6. The summed E-state index contributed by atoms with van der Waals surface area (Å²) in [5, 5.41) is 2.90. The topological polar surface area (TPSA) is 89.8 Å². The van der Waals surface area contributed by atoms with Crippen LogP contribution in [0.3, 0.4) is 0 Å². The quantitative estimate of drug-likeness (QED) is 0.290. The van der Waals surface area contributed by atoms with Gasteiger partial charge in [-0.15, -0.1) is 0 Å². The van der Waals surface area contributed by atoms with Crippen molar-refractivity contribution < 1.29 is 4.79 Å². The fraction of sp³-hybridized carbons (Fsp3) is 0.0385. The second kappa shape index (κ2) is 9.89. The molecule has 0 saturated carbocycles. The van der Waals surface area contributed by atoms with Gasteiger partial charge >= 0.3 is 0 Å². The Morgan fingerprint density at radius 3 is 2.51 bits per heavy atom. The van der Waals surface area contributed by atoms with Gasteiger partial charge in [-0.05, 0) is 60.2 Å². The molecule has 1 amide bonds. The van der Waals surface area contributed by atoms with Gasteiger partial charge < -0.3 is 5.32 Å². The molecular weight excluding hydrogens is 574 g/mol. The molecule has 35 heavy (non-hydrogen) atoms. The Balaban J connectivity index is 1.56. The van der Waals surface area contributed by atoms with E-state index in [2.05, 4.69) is 52.1 Å². The summed E-state index contributed by atoms with van der Waals surface area (Å²) < 4.78 is 3.10. The first-order valence-corrected chi connectivity index (χ1v) is 12.2. The molecule has 0 spiro atoms. The third kappa shape index (κ3) is 5.06. The van der Waals surface area contributed by atoms with Gasteiger partial charge in [0, 0.05) is 45.2 Å². The lowest BCUT2D eigenvalue weighted by atomic mass is 10.1. The fourth-order valence-electron chi connectivity index (χ4n) is 3.73. The van der Waals surface area contributed by atoms with E-state index in [1.165, 1.54) is 4.57 Å². The van der Waals surface area contributed by atoms with Crippen LogP contribution in [0.15, 0.2) is 99.1 Å². The fourth-order valence-corrected chi connectivity index (χ4v) is 5.02. The number of hydrogen-bond acceptors (Lipinski definition) is 5. The van der Waals surface area contributed by atoms with Crippen LogP contribution in [-0.4, -0.2) is 25.4 Å². The molecule has 3 heterocycles. The van der Waals surface area contributed by atoms with Crippen LogP contribution in [0.5, 0.6) is 0 Å². The lowest BCUT2D eigenvalue weighted by molar-refractivity contribution is 0.102. The molecule has 0 aliphatic carbocycles. The molecule has 0 radical (unpaired) electrons. The van der Waals surface area contributed by atoms with Gasteiger partial charge in [0.15, 0.2) is 5.65 Å². The van der Waals surface area contributed by atoms with E-state index >= 15 is 0 Å². The molecule has 0 bridgehead atoms. The molecule has 0 aliphatic heterocycles. The summed E-state index contributed by atoms with van der Waals surface area (Å²) in [6, 6.07) is 19.8. The van der Waals surface area contributed by atoms with Crippen LogP contribution >= 0.6 is 31.9 Å². The summed E-state index contributed by atoms with van der Waals surface area (Å²) >= 11 is 6.81. The highest BCUT2D eigenvalue weighted by Crippen LogP contribution is 2.22. The van der Waals surface area contributed by atoms with Crippen molar-refractivity contribution in [1.29, 1.82) is 0 Å². The van der Waals surface area contributed by atoms with Crippen molar-refractivity contribution in [2.75, 3.05) is 5.32 Å². The van der Waals surface area contributed by atoms with Crippen LogP contribution in [0.1, 0.15) is 21.6 Å². The second-order valence-corrected chi connectivity index (χ2v) is 9.58. The van der Waals surface area contributed by atoms with Gasteiger partial charge in [-0.3, -0.25) is 19.1 Å². The number of nitrogens with one attached hydrogen (secondary N) is 1. The Bertz CT molecular complexity index is 1600. The Hall–Kier alpha value is -3.69. The third-order valence-electron chi connectivity index (χ3n) is 5.26. The largest absolute Gasteiger partial charge is 0.322 e. The molecule has 5 rings (SSSR count). The van der Waals surface area contributed by atoms with E-state index in [0.717, 1.165) is 14.5 Å². The number of amides is 1. The predicted molar refractivity (Wildman–Crippen MR) is 142 cm³/mol. The van der Waals surface area contributed by atoms with E-state index in [4.69, 9.17) is 0 Å². The molecule has 5 aromatic rings. The van der Waals surface area contributed by atoms with Crippen molar-refractivity contribution in [3.05, 3.63) is 121 Å². The summed E-state index contributed by atoms with van der Waals surface area (Å²) in [6.07, 6.45) is 5.37. The number of rotatable bonds is 5. The van der Waals surface area contributed by atoms with E-state index < -0.39 is 0 Å². The van der Waals surface area contributed by atoms with E-state index in [9.17, 15) is 9.59 Å². The molecular formula is C26H17Br2N5O2. The van der Waals surface area contributed by atoms with Gasteiger partial charge in [0.05, 0.1) is 5.69 Å². The molecule has 3 aromatic heterocycles. The Morgan fingerprint density at radius 2 is 1.74 bits per heavy atom. The van der Waals surface area contributed by atoms with Crippen molar-refractivity contribution in [1.82, 2.24) is 19.5 Å². The van der Waals surface area contributed by atoms with Crippen LogP contribution in [0.25, 0.3) is 16.9 Å². The Morgan fingerprint density at radius 1 is 0.943 bits per heavy atom. The van der Waals surface area contributed by atoms with Gasteiger partial charge in [0.25, 0.3) is 11.5 Å². The molecule has 172 valence electrons. The zero-order chi connectivity index (χ0) is 24.4. The summed E-state index contributed by atoms with van der Waals surface area (Å²) in [7, 11) is 0. The Labute approximate surface area is 217 Å².